The number of rotatable bonds is 5. The zero-order chi connectivity index (χ0) is 19.7. The number of thiophene rings is 1. The Morgan fingerprint density at radius 1 is 1.14 bits per heavy atom. The average molecular weight is 439 g/mol. The van der Waals surface area contributed by atoms with Crippen molar-refractivity contribution >= 4 is 33.0 Å². The van der Waals surface area contributed by atoms with E-state index >= 15 is 0 Å². The molecular formula is C18H19ClN4O3S2. The molecule has 1 aliphatic rings. The average Bonchev–Trinajstić information content (AvgIpc) is 3.39. The van der Waals surface area contributed by atoms with Gasteiger partial charge < -0.3 is 4.52 Å². The van der Waals surface area contributed by atoms with Crippen LogP contribution in [-0.4, -0.2) is 53.9 Å². The Bertz CT molecular complexity index is 1030. The smallest absolute Gasteiger partial charge is 0.244 e. The van der Waals surface area contributed by atoms with Crippen LogP contribution < -0.4 is 0 Å². The second-order valence-corrected chi connectivity index (χ2v) is 9.83. The molecule has 0 aliphatic carbocycles. The lowest BCUT2D eigenvalue weighted by Gasteiger charge is -2.36. The Labute approximate surface area is 172 Å². The van der Waals surface area contributed by atoms with Crippen LogP contribution in [0.25, 0.3) is 10.7 Å². The summed E-state index contributed by atoms with van der Waals surface area (Å²) in [6.07, 6.45) is 0. The van der Waals surface area contributed by atoms with Crippen molar-refractivity contribution in [3.8, 4) is 10.7 Å². The second-order valence-electron chi connectivity index (χ2n) is 6.50. The second kappa shape index (κ2) is 7.92. The van der Waals surface area contributed by atoms with E-state index in [0.717, 1.165) is 4.88 Å². The molecule has 148 valence electrons. The predicted octanol–water partition coefficient (Wildman–Crippen LogP) is 3.52. The summed E-state index contributed by atoms with van der Waals surface area (Å²) in [5.74, 6) is 1.12. The molecule has 1 atom stereocenters. The van der Waals surface area contributed by atoms with E-state index in [0.29, 0.717) is 42.9 Å². The molecule has 28 heavy (non-hydrogen) atoms. The predicted molar refractivity (Wildman–Crippen MR) is 108 cm³/mol. The molecule has 2 aromatic heterocycles. The summed E-state index contributed by atoms with van der Waals surface area (Å²) >= 11 is 7.42. The number of sulfonamides is 1. The van der Waals surface area contributed by atoms with Crippen LogP contribution in [0, 0.1) is 0 Å². The fourth-order valence-electron chi connectivity index (χ4n) is 3.15. The van der Waals surface area contributed by atoms with Crippen molar-refractivity contribution in [1.29, 1.82) is 0 Å². The van der Waals surface area contributed by atoms with Gasteiger partial charge in [-0.15, -0.1) is 11.3 Å². The van der Waals surface area contributed by atoms with Gasteiger partial charge in [0, 0.05) is 31.2 Å². The summed E-state index contributed by atoms with van der Waals surface area (Å²) in [4.78, 5) is 7.87. The molecule has 3 heterocycles. The van der Waals surface area contributed by atoms with Crippen LogP contribution in [0.2, 0.25) is 5.02 Å². The van der Waals surface area contributed by atoms with E-state index in [4.69, 9.17) is 16.1 Å². The maximum atomic E-state index is 12.8. The van der Waals surface area contributed by atoms with Crippen molar-refractivity contribution in [2.45, 2.75) is 17.9 Å². The normalized spacial score (nSPS) is 17.6. The van der Waals surface area contributed by atoms with E-state index in [-0.39, 0.29) is 10.9 Å². The number of aromatic nitrogens is 2. The number of halogens is 1. The SMILES string of the molecule is CC(c1nc(-c2cccs2)no1)N1CCN(S(=O)(=O)c2ccc(Cl)cc2)CC1. The van der Waals surface area contributed by atoms with E-state index in [1.54, 1.807) is 23.5 Å². The lowest BCUT2D eigenvalue weighted by Crippen LogP contribution is -2.49. The minimum Gasteiger partial charge on any atom is -0.337 e. The number of hydrogen-bond acceptors (Lipinski definition) is 7. The topological polar surface area (TPSA) is 79.5 Å². The molecule has 0 bridgehead atoms. The summed E-state index contributed by atoms with van der Waals surface area (Å²) in [5, 5.41) is 6.54. The Morgan fingerprint density at radius 3 is 2.50 bits per heavy atom. The summed E-state index contributed by atoms with van der Waals surface area (Å²) in [5.41, 5.74) is 0. The highest BCUT2D eigenvalue weighted by Gasteiger charge is 2.31. The van der Waals surface area contributed by atoms with Gasteiger partial charge in [0.15, 0.2) is 0 Å². The van der Waals surface area contributed by atoms with Crippen LogP contribution in [0.3, 0.4) is 0 Å². The molecule has 0 N–H and O–H groups in total. The van der Waals surface area contributed by atoms with Gasteiger partial charge in [-0.25, -0.2) is 8.42 Å². The zero-order valence-electron chi connectivity index (χ0n) is 15.2. The van der Waals surface area contributed by atoms with Gasteiger partial charge in [0.1, 0.15) is 0 Å². The van der Waals surface area contributed by atoms with E-state index in [1.807, 2.05) is 24.4 Å². The van der Waals surface area contributed by atoms with Gasteiger partial charge in [0.2, 0.25) is 21.7 Å². The van der Waals surface area contributed by atoms with Gasteiger partial charge in [-0.2, -0.15) is 9.29 Å². The van der Waals surface area contributed by atoms with Gasteiger partial charge in [0.25, 0.3) is 0 Å². The molecule has 0 spiro atoms. The number of benzene rings is 1. The Balaban J connectivity index is 1.42. The third-order valence-corrected chi connectivity index (χ3v) is 7.84. The summed E-state index contributed by atoms with van der Waals surface area (Å²) in [6, 6.07) is 10.1. The lowest BCUT2D eigenvalue weighted by molar-refractivity contribution is 0.124. The monoisotopic (exact) mass is 438 g/mol. The van der Waals surface area contributed by atoms with Crippen LogP contribution >= 0.6 is 22.9 Å². The summed E-state index contributed by atoms with van der Waals surface area (Å²) < 4.78 is 32.6. The highest BCUT2D eigenvalue weighted by molar-refractivity contribution is 7.89. The van der Waals surface area contributed by atoms with Gasteiger partial charge in [-0.05, 0) is 42.6 Å². The van der Waals surface area contributed by atoms with Crippen molar-refractivity contribution in [3.05, 3.63) is 52.7 Å². The maximum Gasteiger partial charge on any atom is 0.244 e. The molecule has 1 unspecified atom stereocenters. The number of piperazine rings is 1. The van der Waals surface area contributed by atoms with Crippen molar-refractivity contribution in [2.75, 3.05) is 26.2 Å². The molecule has 0 radical (unpaired) electrons. The van der Waals surface area contributed by atoms with Crippen LogP contribution in [0.1, 0.15) is 18.9 Å². The fraction of sp³-hybridized carbons (Fsp3) is 0.333. The quantitative estimate of drug-likeness (QED) is 0.606. The molecule has 1 aromatic carbocycles. The first-order valence-corrected chi connectivity index (χ1v) is 11.5. The molecule has 1 saturated heterocycles. The van der Waals surface area contributed by atoms with Crippen LogP contribution in [0.4, 0.5) is 0 Å². The molecule has 7 nitrogen and oxygen atoms in total. The minimum absolute atomic E-state index is 0.0819. The van der Waals surface area contributed by atoms with Gasteiger partial charge in [-0.3, -0.25) is 4.90 Å². The summed E-state index contributed by atoms with van der Waals surface area (Å²) in [7, 11) is -3.52. The molecule has 0 saturated carbocycles. The number of nitrogens with zero attached hydrogens (tertiary/aromatic N) is 4. The van der Waals surface area contributed by atoms with Gasteiger partial charge in [-0.1, -0.05) is 22.8 Å². The summed E-state index contributed by atoms with van der Waals surface area (Å²) in [6.45, 7) is 3.98. The van der Waals surface area contributed by atoms with E-state index in [9.17, 15) is 8.42 Å². The molecule has 0 amide bonds. The van der Waals surface area contributed by atoms with Crippen molar-refractivity contribution < 1.29 is 12.9 Å². The highest BCUT2D eigenvalue weighted by atomic mass is 35.5. The standard InChI is InChI=1S/C18H19ClN4O3S2/c1-13(18-20-17(21-26-18)16-3-2-12-27-16)22-8-10-23(11-9-22)28(24,25)15-6-4-14(19)5-7-15/h2-7,12-13H,8-11H2,1H3. The lowest BCUT2D eigenvalue weighted by atomic mass is 10.2. The third-order valence-electron chi connectivity index (χ3n) is 4.81. The molecule has 3 aromatic rings. The Morgan fingerprint density at radius 2 is 1.86 bits per heavy atom. The van der Waals surface area contributed by atoms with E-state index < -0.39 is 10.0 Å². The first-order valence-electron chi connectivity index (χ1n) is 8.82. The Kier molecular flexibility index (Phi) is 5.52. The largest absolute Gasteiger partial charge is 0.337 e. The number of hydrogen-bond donors (Lipinski definition) is 0. The molecule has 1 aliphatic heterocycles. The van der Waals surface area contributed by atoms with Crippen molar-refractivity contribution in [3.63, 3.8) is 0 Å². The van der Waals surface area contributed by atoms with E-state index in [1.165, 1.54) is 16.4 Å². The fourth-order valence-corrected chi connectivity index (χ4v) is 5.35. The molecule has 4 rings (SSSR count). The molecule has 10 heteroatoms. The van der Waals surface area contributed by atoms with Crippen LogP contribution in [0.5, 0.6) is 0 Å². The Hall–Kier alpha value is -1.78. The molecule has 1 fully saturated rings. The minimum atomic E-state index is -3.52. The first kappa shape index (κ1) is 19.5. The third kappa shape index (κ3) is 3.85. The highest BCUT2D eigenvalue weighted by Crippen LogP contribution is 2.27. The van der Waals surface area contributed by atoms with Gasteiger partial charge in [0.05, 0.1) is 15.8 Å². The zero-order valence-corrected chi connectivity index (χ0v) is 17.5. The van der Waals surface area contributed by atoms with E-state index in [2.05, 4.69) is 15.0 Å². The first-order chi connectivity index (χ1) is 13.4. The van der Waals surface area contributed by atoms with Gasteiger partial charge >= 0.3 is 0 Å². The van der Waals surface area contributed by atoms with Crippen LogP contribution in [0.15, 0.2) is 51.2 Å². The maximum absolute atomic E-state index is 12.8. The van der Waals surface area contributed by atoms with Crippen LogP contribution in [-0.2, 0) is 10.0 Å². The molecular weight excluding hydrogens is 420 g/mol. The van der Waals surface area contributed by atoms with Crippen molar-refractivity contribution in [1.82, 2.24) is 19.3 Å². The van der Waals surface area contributed by atoms with Crippen molar-refractivity contribution in [2.24, 2.45) is 0 Å².